The molecule has 1 amide bonds. The molecule has 20 heavy (non-hydrogen) atoms. The first-order valence-corrected chi connectivity index (χ1v) is 7.42. The Morgan fingerprint density at radius 3 is 2.55 bits per heavy atom. The summed E-state index contributed by atoms with van der Waals surface area (Å²) >= 11 is 0. The van der Waals surface area contributed by atoms with Gasteiger partial charge in [0.2, 0.25) is 5.91 Å². The van der Waals surface area contributed by atoms with Gasteiger partial charge in [-0.25, -0.2) is 0 Å². The fourth-order valence-corrected chi connectivity index (χ4v) is 3.34. The van der Waals surface area contributed by atoms with E-state index in [1.54, 1.807) is 6.92 Å². The van der Waals surface area contributed by atoms with E-state index in [-0.39, 0.29) is 5.91 Å². The van der Waals surface area contributed by atoms with E-state index in [0.717, 1.165) is 16.9 Å². The molecule has 1 fully saturated rings. The van der Waals surface area contributed by atoms with Crippen LogP contribution in [0.15, 0.2) is 18.2 Å². The average molecular weight is 274 g/mol. The molecule has 0 aliphatic heterocycles. The second-order valence-corrected chi connectivity index (χ2v) is 7.01. The lowest BCUT2D eigenvalue weighted by Gasteiger charge is -2.20. The molecule has 1 saturated carbocycles. The molecule has 1 aromatic rings. The number of carbonyl (C=O) groups excluding carboxylic acids is 1. The minimum Gasteiger partial charge on any atom is -0.382 e. The molecule has 2 atom stereocenters. The molecule has 0 radical (unpaired) electrons. The molecule has 1 aliphatic rings. The molecule has 0 heterocycles. The number of hydrogen-bond donors (Lipinski definition) is 2. The highest BCUT2D eigenvalue weighted by Crippen LogP contribution is 2.42. The molecule has 2 unspecified atom stereocenters. The molecule has 0 saturated heterocycles. The summed E-state index contributed by atoms with van der Waals surface area (Å²) in [6.45, 7) is 10.5. The number of anilines is 2. The van der Waals surface area contributed by atoms with E-state index in [2.05, 4.69) is 43.5 Å². The Morgan fingerprint density at radius 1 is 1.30 bits per heavy atom. The van der Waals surface area contributed by atoms with E-state index in [1.807, 2.05) is 13.0 Å². The van der Waals surface area contributed by atoms with Crippen LogP contribution in [0, 0.1) is 18.3 Å². The fraction of sp³-hybridized carbons (Fsp3) is 0.588. The van der Waals surface area contributed by atoms with Crippen LogP contribution in [-0.2, 0) is 4.79 Å². The highest BCUT2D eigenvalue weighted by molar-refractivity contribution is 5.90. The summed E-state index contributed by atoms with van der Waals surface area (Å²) in [7, 11) is 0. The zero-order chi connectivity index (χ0) is 14.9. The molecule has 110 valence electrons. The molecule has 1 aromatic carbocycles. The van der Waals surface area contributed by atoms with Gasteiger partial charge in [0.05, 0.1) is 0 Å². The molecule has 0 spiro atoms. The third kappa shape index (κ3) is 3.53. The number of amides is 1. The number of hydrogen-bond acceptors (Lipinski definition) is 2. The first-order valence-electron chi connectivity index (χ1n) is 7.42. The number of benzene rings is 1. The number of aryl methyl sites for hydroxylation is 1. The van der Waals surface area contributed by atoms with Crippen molar-refractivity contribution >= 4 is 17.3 Å². The summed E-state index contributed by atoms with van der Waals surface area (Å²) < 4.78 is 0. The van der Waals surface area contributed by atoms with E-state index in [9.17, 15) is 4.79 Å². The van der Waals surface area contributed by atoms with Crippen LogP contribution in [0.1, 0.15) is 46.1 Å². The quantitative estimate of drug-likeness (QED) is 0.867. The van der Waals surface area contributed by atoms with Gasteiger partial charge < -0.3 is 10.6 Å². The smallest absolute Gasteiger partial charge is 0.221 e. The lowest BCUT2D eigenvalue weighted by Crippen LogP contribution is -2.22. The predicted molar refractivity (Wildman–Crippen MR) is 85.1 cm³/mol. The van der Waals surface area contributed by atoms with E-state index in [4.69, 9.17) is 0 Å². The Balaban J connectivity index is 2.12. The Bertz CT molecular complexity index is 508. The Hall–Kier alpha value is -1.51. The van der Waals surface area contributed by atoms with Crippen molar-refractivity contribution in [3.63, 3.8) is 0 Å². The zero-order valence-electron chi connectivity index (χ0n) is 13.2. The van der Waals surface area contributed by atoms with Crippen molar-refractivity contribution in [1.82, 2.24) is 0 Å². The number of carbonyl (C=O) groups is 1. The third-order valence-electron chi connectivity index (χ3n) is 4.23. The molecule has 3 heteroatoms. The van der Waals surface area contributed by atoms with Gasteiger partial charge in [-0.2, -0.15) is 0 Å². The van der Waals surface area contributed by atoms with Crippen LogP contribution < -0.4 is 10.6 Å². The fourth-order valence-electron chi connectivity index (χ4n) is 3.34. The van der Waals surface area contributed by atoms with Crippen LogP contribution in [0.5, 0.6) is 0 Å². The van der Waals surface area contributed by atoms with Crippen LogP contribution in [0.25, 0.3) is 0 Å². The van der Waals surface area contributed by atoms with E-state index in [1.165, 1.54) is 12.8 Å². The highest BCUT2D eigenvalue weighted by atomic mass is 16.1. The van der Waals surface area contributed by atoms with Crippen LogP contribution in [0.2, 0.25) is 0 Å². The van der Waals surface area contributed by atoms with Crippen molar-refractivity contribution in [3.05, 3.63) is 23.8 Å². The molecule has 0 bridgehead atoms. The lowest BCUT2D eigenvalue weighted by atomic mass is 9.91. The van der Waals surface area contributed by atoms with Crippen LogP contribution in [-0.4, -0.2) is 11.9 Å². The van der Waals surface area contributed by atoms with Crippen molar-refractivity contribution < 1.29 is 4.79 Å². The van der Waals surface area contributed by atoms with E-state index >= 15 is 0 Å². The van der Waals surface area contributed by atoms with Gasteiger partial charge in [0.1, 0.15) is 0 Å². The zero-order valence-corrected chi connectivity index (χ0v) is 13.2. The molecule has 2 rings (SSSR count). The van der Waals surface area contributed by atoms with Crippen molar-refractivity contribution in [2.45, 2.75) is 53.5 Å². The maximum Gasteiger partial charge on any atom is 0.221 e. The maximum absolute atomic E-state index is 11.2. The van der Waals surface area contributed by atoms with Crippen molar-refractivity contribution in [3.8, 4) is 0 Å². The van der Waals surface area contributed by atoms with Crippen molar-refractivity contribution in [1.29, 1.82) is 0 Å². The van der Waals surface area contributed by atoms with Crippen LogP contribution >= 0.6 is 0 Å². The normalized spacial score (nSPS) is 24.4. The molecular weight excluding hydrogens is 248 g/mol. The van der Waals surface area contributed by atoms with E-state index in [0.29, 0.717) is 17.4 Å². The monoisotopic (exact) mass is 274 g/mol. The first kappa shape index (κ1) is 14.9. The minimum atomic E-state index is -0.0272. The first-order chi connectivity index (χ1) is 9.27. The van der Waals surface area contributed by atoms with Crippen LogP contribution in [0.3, 0.4) is 0 Å². The summed E-state index contributed by atoms with van der Waals surface area (Å²) in [5, 5.41) is 6.52. The SMILES string of the molecule is CC(=O)Nc1cc(NC2CC(C)(C)CC2C)ccc1C. The molecule has 3 nitrogen and oxygen atoms in total. The van der Waals surface area contributed by atoms with E-state index < -0.39 is 0 Å². The predicted octanol–water partition coefficient (Wildman–Crippen LogP) is 4.19. The van der Waals surface area contributed by atoms with Crippen molar-refractivity contribution in [2.75, 3.05) is 10.6 Å². The Morgan fingerprint density at radius 2 is 2.00 bits per heavy atom. The second kappa shape index (κ2) is 5.47. The van der Waals surface area contributed by atoms with Gasteiger partial charge in [-0.15, -0.1) is 0 Å². The summed E-state index contributed by atoms with van der Waals surface area (Å²) in [4.78, 5) is 11.2. The number of nitrogens with one attached hydrogen (secondary N) is 2. The van der Waals surface area contributed by atoms with Crippen LogP contribution in [0.4, 0.5) is 11.4 Å². The third-order valence-corrected chi connectivity index (χ3v) is 4.23. The number of rotatable bonds is 3. The summed E-state index contributed by atoms with van der Waals surface area (Å²) in [6.07, 6.45) is 2.45. The minimum absolute atomic E-state index is 0.0272. The highest BCUT2D eigenvalue weighted by Gasteiger charge is 2.36. The largest absolute Gasteiger partial charge is 0.382 e. The average Bonchev–Trinajstić information content (AvgIpc) is 2.56. The Kier molecular flexibility index (Phi) is 4.07. The standard InChI is InChI=1S/C17H26N2O/c1-11-6-7-14(8-15(11)18-13(3)20)19-16-10-17(4,5)9-12(16)2/h6-8,12,16,19H,9-10H2,1-5H3,(H,18,20). The summed E-state index contributed by atoms with van der Waals surface area (Å²) in [6, 6.07) is 6.70. The van der Waals surface area contributed by atoms with Crippen molar-refractivity contribution in [2.24, 2.45) is 11.3 Å². The van der Waals surface area contributed by atoms with Gasteiger partial charge in [-0.05, 0) is 48.8 Å². The molecule has 0 aromatic heterocycles. The topological polar surface area (TPSA) is 41.1 Å². The van der Waals surface area contributed by atoms with Gasteiger partial charge >= 0.3 is 0 Å². The van der Waals surface area contributed by atoms with Gasteiger partial charge in [0.25, 0.3) is 0 Å². The maximum atomic E-state index is 11.2. The molecular formula is C17H26N2O. The Labute approximate surface area is 122 Å². The van der Waals surface area contributed by atoms with Gasteiger partial charge in [-0.1, -0.05) is 26.8 Å². The van der Waals surface area contributed by atoms with Gasteiger partial charge in [0.15, 0.2) is 0 Å². The lowest BCUT2D eigenvalue weighted by molar-refractivity contribution is -0.114. The molecule has 2 N–H and O–H groups in total. The van der Waals surface area contributed by atoms with Gasteiger partial charge in [-0.3, -0.25) is 4.79 Å². The van der Waals surface area contributed by atoms with Gasteiger partial charge in [0, 0.05) is 24.3 Å². The molecule has 1 aliphatic carbocycles. The summed E-state index contributed by atoms with van der Waals surface area (Å²) in [5.41, 5.74) is 3.49. The second-order valence-electron chi connectivity index (χ2n) is 7.01. The summed E-state index contributed by atoms with van der Waals surface area (Å²) in [5.74, 6) is 0.649.